The Balaban J connectivity index is 2.48. The van der Waals surface area contributed by atoms with Crippen LogP contribution >= 0.6 is 0 Å². The van der Waals surface area contributed by atoms with Crippen molar-refractivity contribution in [3.8, 4) is 6.07 Å². The number of amides is 1. The van der Waals surface area contributed by atoms with Crippen LogP contribution in [0.25, 0.3) is 0 Å². The van der Waals surface area contributed by atoms with Gasteiger partial charge in [0, 0.05) is 0 Å². The maximum atomic E-state index is 12.0. The molecule has 1 atom stereocenters. The van der Waals surface area contributed by atoms with E-state index in [1.54, 1.807) is 0 Å². The monoisotopic (exact) mass is 216 g/mol. The van der Waals surface area contributed by atoms with E-state index in [1.165, 1.54) is 0 Å². The van der Waals surface area contributed by atoms with E-state index in [9.17, 15) is 13.6 Å². The van der Waals surface area contributed by atoms with Gasteiger partial charge in [-0.3, -0.25) is 4.79 Å². The maximum Gasteiger partial charge on any atom is 0.315 e. The summed E-state index contributed by atoms with van der Waals surface area (Å²) in [7, 11) is 0. The van der Waals surface area contributed by atoms with E-state index in [4.69, 9.17) is 5.26 Å². The Hall–Kier alpha value is -1.18. The van der Waals surface area contributed by atoms with Crippen LogP contribution in [0, 0.1) is 17.2 Å². The van der Waals surface area contributed by atoms with Crippen molar-refractivity contribution < 1.29 is 13.6 Å². The number of hydrogen-bond donors (Lipinski definition) is 1. The molecule has 0 spiro atoms. The lowest BCUT2D eigenvalue weighted by Crippen LogP contribution is -2.42. The van der Waals surface area contributed by atoms with Gasteiger partial charge in [-0.2, -0.15) is 14.0 Å². The Morgan fingerprint density at radius 3 is 2.40 bits per heavy atom. The van der Waals surface area contributed by atoms with Crippen LogP contribution in [0.5, 0.6) is 0 Å². The molecule has 5 heteroatoms. The van der Waals surface area contributed by atoms with E-state index in [-0.39, 0.29) is 5.92 Å². The number of nitrogens with one attached hydrogen (secondary N) is 1. The molecular formula is C10H14F2N2O. The number of carbonyl (C=O) groups is 1. The van der Waals surface area contributed by atoms with E-state index in [2.05, 4.69) is 5.32 Å². The van der Waals surface area contributed by atoms with Crippen LogP contribution in [0.3, 0.4) is 0 Å². The molecule has 0 aromatic rings. The van der Waals surface area contributed by atoms with Gasteiger partial charge in [-0.15, -0.1) is 0 Å². The smallest absolute Gasteiger partial charge is 0.315 e. The molecule has 1 unspecified atom stereocenters. The maximum absolute atomic E-state index is 12.0. The van der Waals surface area contributed by atoms with Gasteiger partial charge in [0.15, 0.2) is 0 Å². The summed E-state index contributed by atoms with van der Waals surface area (Å²) in [6.45, 7) is 0. The third-order valence-corrected chi connectivity index (χ3v) is 2.76. The van der Waals surface area contributed by atoms with Gasteiger partial charge in [0.2, 0.25) is 0 Å². The molecule has 0 heterocycles. The quantitative estimate of drug-likeness (QED) is 0.782. The number of carbonyl (C=O) groups excluding carboxylic acids is 1. The summed E-state index contributed by atoms with van der Waals surface area (Å²) in [6, 6.07) is 1.13. The number of rotatable bonds is 3. The zero-order valence-corrected chi connectivity index (χ0v) is 8.38. The first-order valence-corrected chi connectivity index (χ1v) is 5.13. The van der Waals surface area contributed by atoms with E-state index < -0.39 is 18.4 Å². The van der Waals surface area contributed by atoms with Crippen LogP contribution in [0.15, 0.2) is 0 Å². The number of halogens is 2. The van der Waals surface area contributed by atoms with Crippen molar-refractivity contribution in [1.29, 1.82) is 5.26 Å². The van der Waals surface area contributed by atoms with Gasteiger partial charge in [0.1, 0.15) is 6.04 Å². The molecule has 1 amide bonds. The third-order valence-electron chi connectivity index (χ3n) is 2.76. The molecule has 0 saturated heterocycles. The summed E-state index contributed by atoms with van der Waals surface area (Å²) in [5.41, 5.74) is 0. The molecule has 0 radical (unpaired) electrons. The summed E-state index contributed by atoms with van der Waals surface area (Å²) in [4.78, 5) is 10.7. The van der Waals surface area contributed by atoms with Crippen molar-refractivity contribution in [2.75, 3.05) is 0 Å². The van der Waals surface area contributed by atoms with Crippen LogP contribution in [0.4, 0.5) is 8.78 Å². The van der Waals surface area contributed by atoms with Crippen molar-refractivity contribution in [1.82, 2.24) is 5.32 Å². The molecule has 1 fully saturated rings. The lowest BCUT2D eigenvalue weighted by atomic mass is 9.84. The molecule has 0 aromatic heterocycles. The first kappa shape index (κ1) is 11.9. The molecule has 0 aliphatic heterocycles. The predicted molar refractivity (Wildman–Crippen MR) is 50.1 cm³/mol. The Kier molecular flexibility index (Phi) is 4.47. The van der Waals surface area contributed by atoms with Gasteiger partial charge in [0.25, 0.3) is 5.91 Å². The summed E-state index contributed by atoms with van der Waals surface area (Å²) in [6.07, 6.45) is 1.77. The minimum Gasteiger partial charge on any atom is -0.335 e. The van der Waals surface area contributed by atoms with Gasteiger partial charge < -0.3 is 5.32 Å². The minimum atomic E-state index is -3.04. The van der Waals surface area contributed by atoms with Crippen molar-refractivity contribution >= 4 is 5.91 Å². The minimum absolute atomic E-state index is 0.0337. The van der Waals surface area contributed by atoms with Crippen LogP contribution in [-0.2, 0) is 4.79 Å². The fraction of sp³-hybridized carbons (Fsp3) is 0.800. The third kappa shape index (κ3) is 3.46. The van der Waals surface area contributed by atoms with Gasteiger partial charge in [-0.05, 0) is 18.8 Å². The standard InChI is InChI=1S/C10H14F2N2O/c11-9(12)10(15)14-8(6-13)7-4-2-1-3-5-7/h7-9H,1-5H2,(H,14,15). The van der Waals surface area contributed by atoms with Crippen molar-refractivity contribution in [3.05, 3.63) is 0 Å². The average molecular weight is 216 g/mol. The molecule has 0 aromatic carbocycles. The van der Waals surface area contributed by atoms with Gasteiger partial charge in [-0.1, -0.05) is 19.3 Å². The van der Waals surface area contributed by atoms with E-state index in [1.807, 2.05) is 6.07 Å². The van der Waals surface area contributed by atoms with Crippen LogP contribution < -0.4 is 5.32 Å². The lowest BCUT2D eigenvalue weighted by Gasteiger charge is -2.26. The molecule has 1 rings (SSSR count). The Morgan fingerprint density at radius 1 is 1.33 bits per heavy atom. The molecule has 3 nitrogen and oxygen atoms in total. The lowest BCUT2D eigenvalue weighted by molar-refractivity contribution is -0.132. The van der Waals surface area contributed by atoms with Crippen LogP contribution in [0.2, 0.25) is 0 Å². The summed E-state index contributed by atoms with van der Waals surface area (Å²) >= 11 is 0. The van der Waals surface area contributed by atoms with E-state index in [0.717, 1.165) is 32.1 Å². The SMILES string of the molecule is N#CC(NC(=O)C(F)F)C1CCCCC1. The molecule has 15 heavy (non-hydrogen) atoms. The average Bonchev–Trinajstić information content (AvgIpc) is 2.26. The molecule has 1 saturated carbocycles. The zero-order chi connectivity index (χ0) is 11.3. The molecular weight excluding hydrogens is 202 g/mol. The van der Waals surface area contributed by atoms with Gasteiger partial charge in [0.05, 0.1) is 6.07 Å². The molecule has 0 bridgehead atoms. The summed E-state index contributed by atoms with van der Waals surface area (Å²) in [5, 5.41) is 10.9. The predicted octanol–water partition coefficient (Wildman–Crippen LogP) is 1.84. The fourth-order valence-electron chi connectivity index (χ4n) is 1.94. The Labute approximate surface area is 87.5 Å². The van der Waals surface area contributed by atoms with E-state index in [0.29, 0.717) is 0 Å². The second-order valence-corrected chi connectivity index (χ2v) is 3.81. The first-order valence-electron chi connectivity index (χ1n) is 5.13. The highest BCUT2D eigenvalue weighted by molar-refractivity contribution is 5.79. The Morgan fingerprint density at radius 2 is 1.93 bits per heavy atom. The molecule has 84 valence electrons. The van der Waals surface area contributed by atoms with Crippen molar-refractivity contribution in [3.63, 3.8) is 0 Å². The van der Waals surface area contributed by atoms with Crippen molar-refractivity contribution in [2.24, 2.45) is 5.92 Å². The largest absolute Gasteiger partial charge is 0.335 e. The first-order chi connectivity index (χ1) is 7.15. The zero-order valence-electron chi connectivity index (χ0n) is 8.38. The summed E-state index contributed by atoms with van der Waals surface area (Å²) < 4.78 is 23.9. The highest BCUT2D eigenvalue weighted by Crippen LogP contribution is 2.26. The van der Waals surface area contributed by atoms with Gasteiger partial charge >= 0.3 is 6.43 Å². The highest BCUT2D eigenvalue weighted by Gasteiger charge is 2.27. The fourth-order valence-corrected chi connectivity index (χ4v) is 1.94. The highest BCUT2D eigenvalue weighted by atomic mass is 19.3. The number of nitrogens with zero attached hydrogens (tertiary/aromatic N) is 1. The molecule has 1 aliphatic rings. The second kappa shape index (κ2) is 5.64. The Bertz CT molecular complexity index is 257. The normalized spacial score (nSPS) is 19.6. The summed E-state index contributed by atoms with van der Waals surface area (Å²) in [5.74, 6) is -1.31. The second-order valence-electron chi connectivity index (χ2n) is 3.81. The molecule has 1 N–H and O–H groups in total. The van der Waals surface area contributed by atoms with Crippen LogP contribution in [-0.4, -0.2) is 18.4 Å². The van der Waals surface area contributed by atoms with Gasteiger partial charge in [-0.25, -0.2) is 0 Å². The number of nitriles is 1. The van der Waals surface area contributed by atoms with Crippen LogP contribution in [0.1, 0.15) is 32.1 Å². The van der Waals surface area contributed by atoms with E-state index >= 15 is 0 Å². The number of hydrogen-bond acceptors (Lipinski definition) is 2. The molecule has 1 aliphatic carbocycles. The topological polar surface area (TPSA) is 52.9 Å². The number of alkyl halides is 2. The van der Waals surface area contributed by atoms with Crippen molar-refractivity contribution in [2.45, 2.75) is 44.6 Å².